The number of rotatable bonds is 4. The predicted octanol–water partition coefficient (Wildman–Crippen LogP) is 3.28. The second-order valence-corrected chi connectivity index (χ2v) is 8.82. The molecular weight excluding hydrogens is 423 g/mol. The van der Waals surface area contributed by atoms with E-state index < -0.39 is 25.0 Å². The molecule has 0 atom stereocenters. The van der Waals surface area contributed by atoms with Gasteiger partial charge in [-0.3, -0.25) is 9.27 Å². The highest BCUT2D eigenvalue weighted by atomic mass is 35.5. The van der Waals surface area contributed by atoms with Crippen molar-refractivity contribution in [1.82, 2.24) is 0 Å². The van der Waals surface area contributed by atoms with Crippen LogP contribution < -0.4 is 10.5 Å². The fourth-order valence-corrected chi connectivity index (χ4v) is 4.28. The Labute approximate surface area is 153 Å². The van der Waals surface area contributed by atoms with E-state index in [0.29, 0.717) is 0 Å². The van der Waals surface area contributed by atoms with Gasteiger partial charge in [0.25, 0.3) is 20.1 Å². The highest BCUT2D eigenvalue weighted by Gasteiger charge is 2.22. The van der Waals surface area contributed by atoms with Gasteiger partial charge in [0.05, 0.1) is 31.3 Å². The number of hydrogen-bond donors (Lipinski definition) is 3. The van der Waals surface area contributed by atoms with E-state index in [-0.39, 0.29) is 31.3 Å². The average Bonchev–Trinajstić information content (AvgIpc) is 2.43. The molecule has 0 aliphatic heterocycles. The predicted molar refractivity (Wildman–Crippen MR) is 92.9 cm³/mol. The first kappa shape index (κ1) is 19.1. The number of hydrogen-bond acceptors (Lipinski definition) is 5. The van der Waals surface area contributed by atoms with E-state index in [1.165, 1.54) is 0 Å². The van der Waals surface area contributed by atoms with Crippen molar-refractivity contribution < 1.29 is 21.4 Å². The fourth-order valence-electron chi connectivity index (χ4n) is 1.69. The van der Waals surface area contributed by atoms with Crippen molar-refractivity contribution in [2.75, 3.05) is 10.5 Å². The van der Waals surface area contributed by atoms with Crippen molar-refractivity contribution in [3.05, 3.63) is 45.4 Å². The van der Waals surface area contributed by atoms with Crippen LogP contribution in [0.3, 0.4) is 0 Å². The zero-order valence-corrected chi connectivity index (χ0v) is 15.4. The maximum absolute atomic E-state index is 12.4. The molecule has 0 aromatic heterocycles. The van der Waals surface area contributed by atoms with Gasteiger partial charge in [-0.1, -0.05) is 34.8 Å². The minimum Gasteiger partial charge on any atom is -0.397 e. The maximum atomic E-state index is 12.4. The first-order chi connectivity index (χ1) is 10.9. The Balaban J connectivity index is 2.53. The van der Waals surface area contributed by atoms with Crippen molar-refractivity contribution in [2.24, 2.45) is 0 Å². The number of benzene rings is 2. The van der Waals surface area contributed by atoms with Crippen molar-refractivity contribution in [3.8, 4) is 0 Å². The van der Waals surface area contributed by atoms with Crippen LogP contribution in [0.1, 0.15) is 0 Å². The third-order valence-electron chi connectivity index (χ3n) is 2.82. The summed E-state index contributed by atoms with van der Waals surface area (Å²) in [4.78, 5) is -0.914. The molecule has 2 aromatic rings. The molecule has 7 nitrogen and oxygen atoms in total. The molecule has 0 bridgehead atoms. The number of nitrogen functional groups attached to an aromatic ring is 1. The molecular formula is C12H9Cl3N2O5S2. The van der Waals surface area contributed by atoms with Crippen LogP contribution in [0.2, 0.25) is 15.1 Å². The van der Waals surface area contributed by atoms with Crippen LogP contribution in [0, 0.1) is 0 Å². The average molecular weight is 432 g/mol. The second kappa shape index (κ2) is 6.58. The molecule has 4 N–H and O–H groups in total. The Morgan fingerprint density at radius 1 is 0.917 bits per heavy atom. The van der Waals surface area contributed by atoms with Gasteiger partial charge in [0.15, 0.2) is 0 Å². The summed E-state index contributed by atoms with van der Waals surface area (Å²) in [5, 5.41) is -0.312. The van der Waals surface area contributed by atoms with E-state index in [0.717, 1.165) is 30.3 Å². The van der Waals surface area contributed by atoms with Gasteiger partial charge in [0.1, 0.15) is 4.90 Å². The number of anilines is 2. The standard InChI is InChI=1S/C12H9Cl3N2O5S2/c13-7-2-1-6(24(20,21)22)3-11(7)17-23(18,19)12-5-8(14)10(16)4-9(12)15/h1-5,17H,16H2,(H,20,21,22). The lowest BCUT2D eigenvalue weighted by atomic mass is 10.3. The molecule has 0 radical (unpaired) electrons. The number of nitrogens with two attached hydrogens (primary N) is 1. The molecule has 0 aliphatic rings. The molecule has 12 heteroatoms. The number of nitrogens with one attached hydrogen (secondary N) is 1. The van der Waals surface area contributed by atoms with Crippen LogP contribution in [0.25, 0.3) is 0 Å². The van der Waals surface area contributed by atoms with Crippen LogP contribution in [0.4, 0.5) is 11.4 Å². The van der Waals surface area contributed by atoms with Crippen LogP contribution in [-0.2, 0) is 20.1 Å². The molecule has 0 saturated heterocycles. The van der Waals surface area contributed by atoms with Crippen LogP contribution in [0.15, 0.2) is 40.1 Å². The van der Waals surface area contributed by atoms with Crippen LogP contribution in [-0.4, -0.2) is 21.4 Å². The van der Waals surface area contributed by atoms with Crippen molar-refractivity contribution in [3.63, 3.8) is 0 Å². The molecule has 130 valence electrons. The second-order valence-electron chi connectivity index (χ2n) is 4.53. The zero-order valence-electron chi connectivity index (χ0n) is 11.5. The smallest absolute Gasteiger partial charge is 0.294 e. The summed E-state index contributed by atoms with van der Waals surface area (Å²) in [6.45, 7) is 0. The van der Waals surface area contributed by atoms with E-state index in [9.17, 15) is 16.8 Å². The summed E-state index contributed by atoms with van der Waals surface area (Å²) >= 11 is 17.5. The van der Waals surface area contributed by atoms with E-state index in [4.69, 9.17) is 45.1 Å². The first-order valence-corrected chi connectivity index (χ1v) is 10.0. The van der Waals surface area contributed by atoms with Crippen LogP contribution in [0.5, 0.6) is 0 Å². The SMILES string of the molecule is Nc1cc(Cl)c(S(=O)(=O)Nc2cc(S(=O)(=O)O)ccc2Cl)cc1Cl. The molecule has 0 aliphatic carbocycles. The number of sulfonamides is 1. The van der Waals surface area contributed by atoms with Gasteiger partial charge in [0.2, 0.25) is 0 Å². The summed E-state index contributed by atoms with van der Waals surface area (Å²) in [7, 11) is -8.79. The van der Waals surface area contributed by atoms with Gasteiger partial charge in [-0.2, -0.15) is 8.42 Å². The normalized spacial score (nSPS) is 12.2. The Kier molecular flexibility index (Phi) is 5.24. The first-order valence-electron chi connectivity index (χ1n) is 5.96. The Bertz CT molecular complexity index is 1020. The van der Waals surface area contributed by atoms with E-state index >= 15 is 0 Å². The van der Waals surface area contributed by atoms with Gasteiger partial charge in [-0.05, 0) is 30.3 Å². The van der Waals surface area contributed by atoms with Gasteiger partial charge in [-0.15, -0.1) is 0 Å². The maximum Gasteiger partial charge on any atom is 0.294 e. The fraction of sp³-hybridized carbons (Fsp3) is 0. The molecule has 24 heavy (non-hydrogen) atoms. The number of halogens is 3. The van der Waals surface area contributed by atoms with E-state index in [1.54, 1.807) is 0 Å². The molecule has 0 unspecified atom stereocenters. The minimum absolute atomic E-state index is 0.0300. The van der Waals surface area contributed by atoms with E-state index in [2.05, 4.69) is 4.72 Å². The monoisotopic (exact) mass is 430 g/mol. The Morgan fingerprint density at radius 2 is 1.54 bits per heavy atom. The third kappa shape index (κ3) is 4.05. The Morgan fingerprint density at radius 3 is 2.12 bits per heavy atom. The third-order valence-corrected chi connectivity index (χ3v) is 6.16. The topological polar surface area (TPSA) is 127 Å². The molecule has 0 saturated carbocycles. The molecule has 0 heterocycles. The lowest BCUT2D eigenvalue weighted by molar-refractivity contribution is 0.483. The lowest BCUT2D eigenvalue weighted by Gasteiger charge is -2.12. The molecule has 2 aromatic carbocycles. The quantitative estimate of drug-likeness (QED) is 0.503. The summed E-state index contributed by atoms with van der Waals surface area (Å²) in [6.07, 6.45) is 0. The highest BCUT2D eigenvalue weighted by molar-refractivity contribution is 7.92. The summed E-state index contributed by atoms with van der Waals surface area (Å²) < 4.78 is 58.3. The van der Waals surface area contributed by atoms with Crippen molar-refractivity contribution >= 4 is 66.3 Å². The summed E-state index contributed by atoms with van der Waals surface area (Å²) in [5.41, 5.74) is 5.35. The summed E-state index contributed by atoms with van der Waals surface area (Å²) in [6, 6.07) is 5.20. The minimum atomic E-state index is -4.54. The molecule has 0 fully saturated rings. The van der Waals surface area contributed by atoms with Gasteiger partial charge in [0, 0.05) is 0 Å². The van der Waals surface area contributed by atoms with E-state index in [1.807, 2.05) is 0 Å². The molecule has 2 rings (SSSR count). The van der Waals surface area contributed by atoms with Crippen molar-refractivity contribution in [2.45, 2.75) is 9.79 Å². The Hall–Kier alpha value is -1.23. The molecule has 0 amide bonds. The van der Waals surface area contributed by atoms with Crippen LogP contribution >= 0.6 is 34.8 Å². The molecule has 0 spiro atoms. The van der Waals surface area contributed by atoms with Gasteiger partial charge < -0.3 is 5.73 Å². The zero-order chi connectivity index (χ0) is 18.3. The largest absolute Gasteiger partial charge is 0.397 e. The highest BCUT2D eigenvalue weighted by Crippen LogP contribution is 2.33. The van der Waals surface area contributed by atoms with Gasteiger partial charge in [-0.25, -0.2) is 8.42 Å². The summed E-state index contributed by atoms with van der Waals surface area (Å²) in [5.74, 6) is 0. The van der Waals surface area contributed by atoms with Gasteiger partial charge >= 0.3 is 0 Å². The van der Waals surface area contributed by atoms with Crippen molar-refractivity contribution in [1.29, 1.82) is 0 Å². The lowest BCUT2D eigenvalue weighted by Crippen LogP contribution is -2.14.